The molecule has 5 heteroatoms. The molecule has 0 saturated carbocycles. The molecule has 3 aliphatic rings. The standard InChI is InChI=1S/C28H32ClNO2S/c1-19-15-23(17-24(29)16-19)28(32)30-13-11-21(12-14-30)8-4-3-7-20(2)27(31)26-18-22-9-5-6-10-25(22)33-26/h5-6,10,15-18,21-22H,2-4,7-9,11-14H2,1H3. The zero-order chi connectivity index (χ0) is 23.4. The van der Waals surface area contributed by atoms with Gasteiger partial charge in [0.05, 0.1) is 4.91 Å². The highest BCUT2D eigenvalue weighted by atomic mass is 35.5. The lowest BCUT2D eigenvalue weighted by atomic mass is 9.90. The van der Waals surface area contributed by atoms with E-state index in [1.54, 1.807) is 17.8 Å². The van der Waals surface area contributed by atoms with Crippen LogP contribution in [0.4, 0.5) is 0 Å². The Hall–Kier alpha value is -2.04. The molecule has 0 radical (unpaired) electrons. The van der Waals surface area contributed by atoms with Crippen molar-refractivity contribution in [3.8, 4) is 0 Å². The Kier molecular flexibility index (Phi) is 7.98. The molecule has 1 unspecified atom stereocenters. The number of ketones is 1. The minimum Gasteiger partial charge on any atom is -0.339 e. The topological polar surface area (TPSA) is 37.4 Å². The third-order valence-corrected chi connectivity index (χ3v) is 8.24. The van der Waals surface area contributed by atoms with Crippen molar-refractivity contribution in [3.05, 3.63) is 80.6 Å². The quantitative estimate of drug-likeness (QED) is 0.289. The Labute approximate surface area is 206 Å². The summed E-state index contributed by atoms with van der Waals surface area (Å²) < 4.78 is 0. The van der Waals surface area contributed by atoms with Crippen molar-refractivity contribution in [3.63, 3.8) is 0 Å². The summed E-state index contributed by atoms with van der Waals surface area (Å²) in [5.74, 6) is 1.24. The number of rotatable bonds is 8. The molecule has 33 heavy (non-hydrogen) atoms. The molecule has 0 spiro atoms. The van der Waals surface area contributed by atoms with Gasteiger partial charge in [0.2, 0.25) is 0 Å². The second-order valence-electron chi connectivity index (χ2n) is 9.40. The molecule has 1 aliphatic carbocycles. The van der Waals surface area contributed by atoms with Gasteiger partial charge < -0.3 is 4.90 Å². The monoisotopic (exact) mass is 481 g/mol. The minimum absolute atomic E-state index is 0.0827. The summed E-state index contributed by atoms with van der Waals surface area (Å²) in [7, 11) is 0. The number of nitrogens with zero attached hydrogens (tertiary/aromatic N) is 1. The van der Waals surface area contributed by atoms with E-state index in [-0.39, 0.29) is 11.7 Å². The lowest BCUT2D eigenvalue weighted by Crippen LogP contribution is -2.38. The molecule has 1 atom stereocenters. The highest BCUT2D eigenvalue weighted by Crippen LogP contribution is 2.44. The largest absolute Gasteiger partial charge is 0.339 e. The molecule has 174 valence electrons. The number of hydrogen-bond acceptors (Lipinski definition) is 3. The summed E-state index contributed by atoms with van der Waals surface area (Å²) in [5, 5.41) is 0.614. The van der Waals surface area contributed by atoms with Gasteiger partial charge in [0.1, 0.15) is 0 Å². The van der Waals surface area contributed by atoms with Crippen LogP contribution in [-0.2, 0) is 4.79 Å². The van der Waals surface area contributed by atoms with Crippen LogP contribution >= 0.6 is 23.4 Å². The summed E-state index contributed by atoms with van der Waals surface area (Å²) >= 11 is 7.74. The second-order valence-corrected chi connectivity index (χ2v) is 11.0. The average Bonchev–Trinajstić information content (AvgIpc) is 3.25. The number of carbonyl (C=O) groups is 2. The van der Waals surface area contributed by atoms with Crippen LogP contribution in [0.5, 0.6) is 0 Å². The van der Waals surface area contributed by atoms with Crippen molar-refractivity contribution < 1.29 is 9.59 Å². The van der Waals surface area contributed by atoms with Crippen LogP contribution in [0.25, 0.3) is 0 Å². The molecular formula is C28H32ClNO2S. The summed E-state index contributed by atoms with van der Waals surface area (Å²) in [6, 6.07) is 5.55. The third-order valence-electron chi connectivity index (χ3n) is 6.81. The van der Waals surface area contributed by atoms with Crippen molar-refractivity contribution in [1.29, 1.82) is 0 Å². The fraction of sp³-hybridized carbons (Fsp3) is 0.429. The number of amides is 1. The highest BCUT2D eigenvalue weighted by Gasteiger charge is 2.27. The molecule has 3 nitrogen and oxygen atoms in total. The number of carbonyl (C=O) groups excluding carboxylic acids is 2. The lowest BCUT2D eigenvalue weighted by Gasteiger charge is -2.32. The first-order valence-corrected chi connectivity index (χ1v) is 13.2. The Morgan fingerprint density at radius 3 is 2.70 bits per heavy atom. The number of benzene rings is 1. The predicted octanol–water partition coefficient (Wildman–Crippen LogP) is 7.28. The van der Waals surface area contributed by atoms with Gasteiger partial charge in [-0.3, -0.25) is 9.59 Å². The van der Waals surface area contributed by atoms with Gasteiger partial charge in [-0.15, -0.1) is 0 Å². The minimum atomic E-state index is 0.0827. The molecule has 1 aromatic rings. The second kappa shape index (κ2) is 10.9. The molecule has 0 bridgehead atoms. The zero-order valence-electron chi connectivity index (χ0n) is 19.3. The third kappa shape index (κ3) is 6.10. The van der Waals surface area contributed by atoms with Crippen molar-refractivity contribution in [2.75, 3.05) is 13.1 Å². The maximum atomic E-state index is 12.8. The summed E-state index contributed by atoms with van der Waals surface area (Å²) in [6.45, 7) is 7.65. The van der Waals surface area contributed by atoms with Gasteiger partial charge in [-0.25, -0.2) is 0 Å². The van der Waals surface area contributed by atoms with E-state index in [1.807, 2.05) is 24.0 Å². The van der Waals surface area contributed by atoms with Crippen LogP contribution in [0.15, 0.2) is 64.5 Å². The number of Topliss-reactive ketones (excluding diaryl/α,β-unsaturated/α-hetero) is 1. The molecule has 1 amide bonds. The SMILES string of the molecule is C=C(CCCCC1CCN(C(=O)c2cc(C)cc(Cl)c2)CC1)C(=O)C1=CC2CC=CC=C2S1. The van der Waals surface area contributed by atoms with Gasteiger partial charge in [0, 0.05) is 29.6 Å². The van der Waals surface area contributed by atoms with Gasteiger partial charge in [-0.2, -0.15) is 0 Å². The molecule has 2 aliphatic heterocycles. The lowest BCUT2D eigenvalue weighted by molar-refractivity contribution is -0.111. The van der Waals surface area contributed by atoms with Crippen LogP contribution in [-0.4, -0.2) is 29.7 Å². The van der Waals surface area contributed by atoms with Gasteiger partial charge in [-0.05, 0) is 79.2 Å². The van der Waals surface area contributed by atoms with E-state index in [1.165, 1.54) is 4.91 Å². The average molecular weight is 482 g/mol. The molecule has 1 saturated heterocycles. The first-order chi connectivity index (χ1) is 15.9. The van der Waals surface area contributed by atoms with E-state index >= 15 is 0 Å². The molecule has 4 rings (SSSR count). The highest BCUT2D eigenvalue weighted by molar-refractivity contribution is 8.08. The first-order valence-electron chi connectivity index (χ1n) is 12.0. The number of thioether (sulfide) groups is 1. The Morgan fingerprint density at radius 2 is 1.97 bits per heavy atom. The van der Waals surface area contributed by atoms with E-state index in [2.05, 4.69) is 30.9 Å². The fourth-order valence-corrected chi connectivity index (χ4v) is 6.35. The van der Waals surface area contributed by atoms with Gasteiger partial charge in [0.25, 0.3) is 5.91 Å². The zero-order valence-corrected chi connectivity index (χ0v) is 20.9. The van der Waals surface area contributed by atoms with Crippen LogP contribution in [0.3, 0.4) is 0 Å². The smallest absolute Gasteiger partial charge is 0.253 e. The number of allylic oxidation sites excluding steroid dienone is 7. The summed E-state index contributed by atoms with van der Waals surface area (Å²) in [4.78, 5) is 29.7. The number of aryl methyl sites for hydroxylation is 1. The summed E-state index contributed by atoms with van der Waals surface area (Å²) in [6.07, 6.45) is 15.6. The van der Waals surface area contributed by atoms with Crippen molar-refractivity contribution in [2.45, 2.75) is 51.9 Å². The van der Waals surface area contributed by atoms with E-state index in [9.17, 15) is 9.59 Å². The number of likely N-dealkylation sites (tertiary alicyclic amines) is 1. The Morgan fingerprint density at radius 1 is 1.18 bits per heavy atom. The van der Waals surface area contributed by atoms with E-state index in [0.717, 1.165) is 74.1 Å². The van der Waals surface area contributed by atoms with Crippen molar-refractivity contribution in [2.24, 2.45) is 11.8 Å². The maximum absolute atomic E-state index is 12.8. The maximum Gasteiger partial charge on any atom is 0.253 e. The van der Waals surface area contributed by atoms with Gasteiger partial charge in [-0.1, -0.05) is 67.1 Å². The number of piperidine rings is 1. The van der Waals surface area contributed by atoms with Crippen LogP contribution in [0.1, 0.15) is 60.9 Å². The molecule has 0 N–H and O–H groups in total. The van der Waals surface area contributed by atoms with Crippen LogP contribution < -0.4 is 0 Å². The number of fused-ring (bicyclic) bond motifs is 1. The van der Waals surface area contributed by atoms with E-state index in [4.69, 9.17) is 11.6 Å². The molecular weight excluding hydrogens is 450 g/mol. The van der Waals surface area contributed by atoms with Gasteiger partial charge in [0.15, 0.2) is 5.78 Å². The number of unbranched alkanes of at least 4 members (excludes halogenated alkanes) is 1. The van der Waals surface area contributed by atoms with Crippen molar-refractivity contribution >= 4 is 35.1 Å². The molecule has 1 fully saturated rings. The normalized spacial score (nSPS) is 20.3. The van der Waals surface area contributed by atoms with E-state index in [0.29, 0.717) is 22.4 Å². The van der Waals surface area contributed by atoms with Gasteiger partial charge >= 0.3 is 0 Å². The first kappa shape index (κ1) is 24.1. The molecule has 1 aromatic carbocycles. The van der Waals surface area contributed by atoms with E-state index < -0.39 is 0 Å². The number of halogens is 1. The Bertz CT molecular complexity index is 1010. The Balaban J connectivity index is 1.15. The number of hydrogen-bond donors (Lipinski definition) is 0. The molecule has 0 aromatic heterocycles. The van der Waals surface area contributed by atoms with Crippen LogP contribution in [0.2, 0.25) is 5.02 Å². The fourth-order valence-electron chi connectivity index (χ4n) is 4.88. The summed E-state index contributed by atoms with van der Waals surface area (Å²) in [5.41, 5.74) is 2.43. The van der Waals surface area contributed by atoms with Crippen LogP contribution in [0, 0.1) is 18.8 Å². The predicted molar refractivity (Wildman–Crippen MR) is 138 cm³/mol. The molecule has 2 heterocycles. The van der Waals surface area contributed by atoms with Crippen molar-refractivity contribution in [1.82, 2.24) is 4.90 Å².